The number of aliphatic hydroxyl groups is 1. The zero-order chi connectivity index (χ0) is 18.7. The molecule has 1 N–H and O–H groups in total. The highest BCUT2D eigenvalue weighted by Gasteiger charge is 2.38. The largest absolute Gasteiger partial charge is 0.484 e. The van der Waals surface area contributed by atoms with Crippen molar-refractivity contribution in [2.45, 2.75) is 58.3 Å². The first-order valence-electron chi connectivity index (χ1n) is 9.33. The molecule has 0 amide bonds. The number of hydrogen-bond donors (Lipinski definition) is 1. The second-order valence-corrected chi connectivity index (χ2v) is 7.80. The zero-order valence-electron chi connectivity index (χ0n) is 16.1. The molecule has 1 saturated heterocycles. The van der Waals surface area contributed by atoms with Gasteiger partial charge in [0.1, 0.15) is 11.4 Å². The van der Waals surface area contributed by atoms with Crippen LogP contribution < -0.4 is 4.74 Å². The fourth-order valence-corrected chi connectivity index (χ4v) is 3.64. The molecule has 6 nitrogen and oxygen atoms in total. The van der Waals surface area contributed by atoms with Crippen molar-refractivity contribution in [3.63, 3.8) is 0 Å². The zero-order valence-corrected chi connectivity index (χ0v) is 16.1. The molecular weight excluding hydrogens is 330 g/mol. The highest BCUT2D eigenvalue weighted by atomic mass is 16.5. The Labute approximate surface area is 155 Å². The first-order chi connectivity index (χ1) is 12.4. The Balaban J connectivity index is 1.60. The minimum Gasteiger partial charge on any atom is -0.484 e. The van der Waals surface area contributed by atoms with E-state index in [1.54, 1.807) is 0 Å². The monoisotopic (exact) mass is 359 g/mol. The topological polar surface area (TPSA) is 71.6 Å². The van der Waals surface area contributed by atoms with Crippen molar-refractivity contribution in [2.75, 3.05) is 13.6 Å². The van der Waals surface area contributed by atoms with Crippen molar-refractivity contribution >= 4 is 0 Å². The molecule has 0 aliphatic carbocycles. The van der Waals surface area contributed by atoms with E-state index in [1.165, 1.54) is 0 Å². The summed E-state index contributed by atoms with van der Waals surface area (Å²) in [7, 11) is 2.07. The van der Waals surface area contributed by atoms with E-state index in [4.69, 9.17) is 9.26 Å². The van der Waals surface area contributed by atoms with E-state index in [1.807, 2.05) is 31.2 Å². The lowest BCUT2D eigenvalue weighted by molar-refractivity contribution is -0.0153. The van der Waals surface area contributed by atoms with E-state index in [0.717, 1.165) is 31.4 Å². The molecule has 26 heavy (non-hydrogen) atoms. The van der Waals surface area contributed by atoms with Crippen molar-refractivity contribution in [1.29, 1.82) is 0 Å². The summed E-state index contributed by atoms with van der Waals surface area (Å²) in [6, 6.07) is 7.76. The number of rotatable bonds is 7. The maximum absolute atomic E-state index is 11.0. The predicted molar refractivity (Wildman–Crippen MR) is 98.8 cm³/mol. The Kier molecular flexibility index (Phi) is 5.63. The second-order valence-electron chi connectivity index (χ2n) is 7.80. The first-order valence-corrected chi connectivity index (χ1v) is 9.33. The molecule has 1 aliphatic rings. The van der Waals surface area contributed by atoms with E-state index in [9.17, 15) is 5.11 Å². The Morgan fingerprint density at radius 1 is 1.35 bits per heavy atom. The van der Waals surface area contributed by atoms with E-state index in [-0.39, 0.29) is 12.6 Å². The van der Waals surface area contributed by atoms with Crippen LogP contribution in [0, 0.1) is 5.92 Å². The van der Waals surface area contributed by atoms with Crippen LogP contribution in [0.3, 0.4) is 0 Å². The lowest BCUT2D eigenvalue weighted by atomic mass is 9.87. The average molecular weight is 359 g/mol. The number of ether oxygens (including phenoxy) is 1. The predicted octanol–water partition coefficient (Wildman–Crippen LogP) is 3.15. The molecule has 3 rings (SSSR count). The second kappa shape index (κ2) is 7.76. The summed E-state index contributed by atoms with van der Waals surface area (Å²) in [4.78, 5) is 6.57. The summed E-state index contributed by atoms with van der Waals surface area (Å²) in [5.41, 5.74) is 0.0303. The van der Waals surface area contributed by atoms with Gasteiger partial charge in [0.2, 0.25) is 0 Å². The molecule has 1 aromatic heterocycles. The summed E-state index contributed by atoms with van der Waals surface area (Å²) < 4.78 is 10.9. The molecule has 1 fully saturated rings. The van der Waals surface area contributed by atoms with Gasteiger partial charge in [-0.2, -0.15) is 4.98 Å². The van der Waals surface area contributed by atoms with Gasteiger partial charge in [0.05, 0.1) is 0 Å². The molecule has 0 bridgehead atoms. The first kappa shape index (κ1) is 18.9. The van der Waals surface area contributed by atoms with Gasteiger partial charge >= 0.3 is 0 Å². The van der Waals surface area contributed by atoms with Crippen molar-refractivity contribution in [2.24, 2.45) is 5.92 Å². The van der Waals surface area contributed by atoms with Crippen molar-refractivity contribution in [1.82, 2.24) is 15.0 Å². The molecule has 0 saturated carbocycles. The molecule has 2 aromatic rings. The van der Waals surface area contributed by atoms with Gasteiger partial charge in [-0.05, 0) is 57.0 Å². The van der Waals surface area contributed by atoms with Crippen LogP contribution in [0.15, 0.2) is 28.8 Å². The molecule has 6 heteroatoms. The molecule has 0 spiro atoms. The lowest BCUT2D eigenvalue weighted by Crippen LogP contribution is -2.43. The third kappa shape index (κ3) is 4.24. The van der Waals surface area contributed by atoms with Crippen LogP contribution in [0.5, 0.6) is 5.75 Å². The summed E-state index contributed by atoms with van der Waals surface area (Å²) >= 11 is 0. The Morgan fingerprint density at radius 3 is 2.69 bits per heavy atom. The Hall–Kier alpha value is -1.92. The van der Waals surface area contributed by atoms with Crippen molar-refractivity contribution < 1.29 is 14.4 Å². The highest BCUT2D eigenvalue weighted by molar-refractivity contribution is 5.31. The van der Waals surface area contributed by atoms with Gasteiger partial charge in [0.15, 0.2) is 12.4 Å². The fraction of sp³-hybridized carbons (Fsp3) is 0.600. The van der Waals surface area contributed by atoms with E-state index in [0.29, 0.717) is 23.4 Å². The van der Waals surface area contributed by atoms with Crippen molar-refractivity contribution in [3.05, 3.63) is 41.5 Å². The van der Waals surface area contributed by atoms with Gasteiger partial charge in [-0.25, -0.2) is 0 Å². The maximum Gasteiger partial charge on any atom is 0.264 e. The normalized spacial score (nSPS) is 20.5. The van der Waals surface area contributed by atoms with Gasteiger partial charge in [0, 0.05) is 12.5 Å². The van der Waals surface area contributed by atoms with Crippen LogP contribution in [0.1, 0.15) is 50.9 Å². The lowest BCUT2D eigenvalue weighted by Gasteiger charge is -2.35. The molecular formula is C20H29N3O3. The molecule has 1 aliphatic heterocycles. The molecule has 2 heterocycles. The molecule has 1 unspecified atom stereocenters. The van der Waals surface area contributed by atoms with Gasteiger partial charge in [-0.1, -0.05) is 31.1 Å². The molecule has 142 valence electrons. The number of benzene rings is 1. The average Bonchev–Trinajstić information content (AvgIpc) is 3.22. The molecule has 0 radical (unpaired) electrons. The molecule has 2 atom stereocenters. The highest BCUT2D eigenvalue weighted by Crippen LogP contribution is 2.34. The summed E-state index contributed by atoms with van der Waals surface area (Å²) in [6.07, 6.45) is 2.93. The maximum atomic E-state index is 11.0. The van der Waals surface area contributed by atoms with Crippen LogP contribution >= 0.6 is 0 Å². The van der Waals surface area contributed by atoms with Crippen LogP contribution in [-0.2, 0) is 18.6 Å². The van der Waals surface area contributed by atoms with Crippen LogP contribution in [-0.4, -0.2) is 39.8 Å². The molecule has 1 aromatic carbocycles. The van der Waals surface area contributed by atoms with Crippen LogP contribution in [0.25, 0.3) is 0 Å². The van der Waals surface area contributed by atoms with E-state index in [2.05, 4.69) is 35.9 Å². The van der Waals surface area contributed by atoms with E-state index < -0.39 is 5.60 Å². The fourth-order valence-electron chi connectivity index (χ4n) is 3.64. The summed E-state index contributed by atoms with van der Waals surface area (Å²) in [5.74, 6) is 2.39. The quantitative estimate of drug-likeness (QED) is 0.819. The number of hydrogen-bond acceptors (Lipinski definition) is 6. The van der Waals surface area contributed by atoms with Gasteiger partial charge in [-0.3, -0.25) is 0 Å². The van der Waals surface area contributed by atoms with Crippen molar-refractivity contribution in [3.8, 4) is 5.75 Å². The Bertz CT molecular complexity index is 709. The smallest absolute Gasteiger partial charge is 0.264 e. The van der Waals surface area contributed by atoms with Gasteiger partial charge in [-0.15, -0.1) is 0 Å². The SMILES string of the molecule is CC(C)Cc1noc(COc2ccc(C(C)(O)[C@H]3CCCN3C)cc2)n1. The van der Waals surface area contributed by atoms with Crippen LogP contribution in [0.4, 0.5) is 0 Å². The van der Waals surface area contributed by atoms with Gasteiger partial charge < -0.3 is 19.3 Å². The number of nitrogens with zero attached hydrogens (tertiary/aromatic N) is 3. The van der Waals surface area contributed by atoms with Gasteiger partial charge in [0.25, 0.3) is 5.89 Å². The number of aromatic nitrogens is 2. The number of likely N-dealkylation sites (tertiary alicyclic amines) is 1. The minimum atomic E-state index is -0.873. The van der Waals surface area contributed by atoms with Crippen LogP contribution in [0.2, 0.25) is 0 Å². The third-order valence-electron chi connectivity index (χ3n) is 5.07. The van der Waals surface area contributed by atoms with E-state index >= 15 is 0 Å². The summed E-state index contributed by atoms with van der Waals surface area (Å²) in [5, 5.41) is 15.0. The minimum absolute atomic E-state index is 0.145. The Morgan fingerprint density at radius 2 is 2.08 bits per heavy atom. The third-order valence-corrected chi connectivity index (χ3v) is 5.07. The standard InChI is InChI=1S/C20H29N3O3/c1-14(2)12-18-21-19(26-22-18)13-25-16-9-7-15(8-10-16)20(3,24)17-6-5-11-23(17)4/h7-10,14,17,24H,5-6,11-13H2,1-4H3/t17-,20?/m1/s1. The number of likely N-dealkylation sites (N-methyl/N-ethyl adjacent to an activating group) is 1. The summed E-state index contributed by atoms with van der Waals surface area (Å²) in [6.45, 7) is 7.40.